The molecule has 0 spiro atoms. The molecule has 1 aromatic heterocycles. The number of benzene rings is 2. The number of halogens is 1. The highest BCUT2D eigenvalue weighted by atomic mass is 79.9. The minimum atomic E-state index is -1.10. The second-order valence-electron chi connectivity index (χ2n) is 4.82. The van der Waals surface area contributed by atoms with Gasteiger partial charge in [-0.25, -0.2) is 9.48 Å². The summed E-state index contributed by atoms with van der Waals surface area (Å²) in [5.41, 5.74) is 2.93. The average Bonchev–Trinajstić information content (AvgIpc) is 2.92. The molecule has 0 bridgehead atoms. The third-order valence-corrected chi connectivity index (χ3v) is 3.92. The number of aromatic nitrogens is 3. The third-order valence-electron chi connectivity index (χ3n) is 3.24. The van der Waals surface area contributed by atoms with Gasteiger partial charge in [0.05, 0.1) is 5.69 Å². The smallest absolute Gasteiger partial charge is 0.358 e. The number of hydrogen-bond donors (Lipinski definition) is 1. The van der Waals surface area contributed by atoms with Gasteiger partial charge in [0.1, 0.15) is 5.69 Å². The summed E-state index contributed by atoms with van der Waals surface area (Å²) in [7, 11) is 0. The summed E-state index contributed by atoms with van der Waals surface area (Å²) < 4.78 is 2.35. The van der Waals surface area contributed by atoms with Gasteiger partial charge in [-0.2, -0.15) is 0 Å². The normalized spacial score (nSPS) is 10.6. The van der Waals surface area contributed by atoms with Crippen molar-refractivity contribution >= 4 is 21.9 Å². The van der Waals surface area contributed by atoms with E-state index in [4.69, 9.17) is 0 Å². The minimum Gasteiger partial charge on any atom is -0.476 e. The van der Waals surface area contributed by atoms with Crippen molar-refractivity contribution in [1.29, 1.82) is 0 Å². The third kappa shape index (κ3) is 2.53. The van der Waals surface area contributed by atoms with Crippen molar-refractivity contribution < 1.29 is 9.90 Å². The lowest BCUT2D eigenvalue weighted by Gasteiger charge is -2.09. The van der Waals surface area contributed by atoms with Gasteiger partial charge >= 0.3 is 5.97 Å². The second-order valence-corrected chi connectivity index (χ2v) is 5.68. The lowest BCUT2D eigenvalue weighted by Crippen LogP contribution is -2.03. The van der Waals surface area contributed by atoms with Crippen LogP contribution >= 0.6 is 15.9 Å². The summed E-state index contributed by atoms with van der Waals surface area (Å²) in [4.78, 5) is 11.5. The van der Waals surface area contributed by atoms with Crippen molar-refractivity contribution in [2.45, 2.75) is 6.92 Å². The van der Waals surface area contributed by atoms with Crippen LogP contribution in [0.5, 0.6) is 0 Å². The molecule has 0 unspecified atom stereocenters. The highest BCUT2D eigenvalue weighted by Crippen LogP contribution is 2.29. The van der Waals surface area contributed by atoms with Crippen molar-refractivity contribution in [3.8, 4) is 16.9 Å². The monoisotopic (exact) mass is 357 g/mol. The summed E-state index contributed by atoms with van der Waals surface area (Å²) in [5.74, 6) is -1.10. The van der Waals surface area contributed by atoms with Gasteiger partial charge in [0.2, 0.25) is 0 Å². The van der Waals surface area contributed by atoms with Crippen LogP contribution in [0, 0.1) is 6.92 Å². The molecule has 1 heterocycles. The average molecular weight is 358 g/mol. The SMILES string of the molecule is Cc1cccc(-c2c(C(=O)O)nnn2-c2ccccc2Br)c1. The lowest BCUT2D eigenvalue weighted by atomic mass is 10.1. The van der Waals surface area contributed by atoms with Crippen LogP contribution in [0.1, 0.15) is 16.1 Å². The number of hydrogen-bond acceptors (Lipinski definition) is 3. The molecule has 0 aliphatic carbocycles. The lowest BCUT2D eigenvalue weighted by molar-refractivity contribution is 0.0691. The van der Waals surface area contributed by atoms with Crippen LogP contribution in [-0.4, -0.2) is 26.1 Å². The van der Waals surface area contributed by atoms with Crippen LogP contribution < -0.4 is 0 Å². The van der Waals surface area contributed by atoms with Crippen molar-refractivity contribution in [2.24, 2.45) is 0 Å². The molecule has 6 heteroatoms. The van der Waals surface area contributed by atoms with Crippen LogP contribution in [0.4, 0.5) is 0 Å². The zero-order valence-electron chi connectivity index (χ0n) is 11.7. The molecular weight excluding hydrogens is 346 g/mol. The van der Waals surface area contributed by atoms with Crippen LogP contribution in [0.15, 0.2) is 53.0 Å². The zero-order chi connectivity index (χ0) is 15.7. The van der Waals surface area contributed by atoms with E-state index in [0.717, 1.165) is 21.3 Å². The van der Waals surface area contributed by atoms with Crippen molar-refractivity contribution in [2.75, 3.05) is 0 Å². The Labute approximate surface area is 135 Å². The molecule has 1 N–H and O–H groups in total. The molecule has 0 saturated carbocycles. The first-order chi connectivity index (χ1) is 10.6. The topological polar surface area (TPSA) is 68.0 Å². The number of rotatable bonds is 3. The Morgan fingerprint density at radius 2 is 1.95 bits per heavy atom. The Balaban J connectivity index is 2.29. The molecule has 0 atom stereocenters. The number of nitrogens with zero attached hydrogens (tertiary/aromatic N) is 3. The molecule has 0 radical (unpaired) electrons. The predicted molar refractivity (Wildman–Crippen MR) is 86.2 cm³/mol. The molecule has 3 rings (SSSR count). The maximum absolute atomic E-state index is 11.5. The van der Waals surface area contributed by atoms with Crippen LogP contribution in [0.25, 0.3) is 16.9 Å². The quantitative estimate of drug-likeness (QED) is 0.775. The molecule has 3 aromatic rings. The van der Waals surface area contributed by atoms with E-state index in [2.05, 4.69) is 26.2 Å². The second kappa shape index (κ2) is 5.73. The van der Waals surface area contributed by atoms with E-state index in [-0.39, 0.29) is 5.69 Å². The molecule has 0 amide bonds. The fourth-order valence-corrected chi connectivity index (χ4v) is 2.72. The summed E-state index contributed by atoms with van der Waals surface area (Å²) >= 11 is 3.46. The van der Waals surface area contributed by atoms with Gasteiger partial charge in [0.25, 0.3) is 0 Å². The Bertz CT molecular complexity index is 858. The van der Waals surface area contributed by atoms with E-state index in [9.17, 15) is 9.90 Å². The molecule has 22 heavy (non-hydrogen) atoms. The zero-order valence-corrected chi connectivity index (χ0v) is 13.3. The van der Waals surface area contributed by atoms with Crippen LogP contribution in [0.3, 0.4) is 0 Å². The van der Waals surface area contributed by atoms with Crippen molar-refractivity contribution in [3.63, 3.8) is 0 Å². The van der Waals surface area contributed by atoms with Crippen LogP contribution in [0.2, 0.25) is 0 Å². The minimum absolute atomic E-state index is 0.0682. The molecule has 2 aromatic carbocycles. The van der Waals surface area contributed by atoms with Crippen molar-refractivity contribution in [1.82, 2.24) is 15.0 Å². The summed E-state index contributed by atoms with van der Waals surface area (Å²) in [6.07, 6.45) is 0. The molecule has 0 fully saturated rings. The molecule has 110 valence electrons. The summed E-state index contributed by atoms with van der Waals surface area (Å²) in [6.45, 7) is 1.95. The van der Waals surface area contributed by atoms with E-state index >= 15 is 0 Å². The molecular formula is C16H12BrN3O2. The van der Waals surface area contributed by atoms with Gasteiger partial charge in [-0.3, -0.25) is 0 Å². The maximum Gasteiger partial charge on any atom is 0.358 e. The van der Waals surface area contributed by atoms with Crippen molar-refractivity contribution in [3.05, 3.63) is 64.3 Å². The molecule has 0 aliphatic heterocycles. The number of carboxylic acids is 1. The van der Waals surface area contributed by atoms with E-state index in [1.54, 1.807) is 4.68 Å². The number of carboxylic acid groups (broad SMARTS) is 1. The first kappa shape index (κ1) is 14.5. The van der Waals surface area contributed by atoms with Crippen LogP contribution in [-0.2, 0) is 0 Å². The van der Waals surface area contributed by atoms with Gasteiger partial charge < -0.3 is 5.11 Å². The Morgan fingerprint density at radius 1 is 1.18 bits per heavy atom. The van der Waals surface area contributed by atoms with E-state index in [1.165, 1.54) is 0 Å². The highest BCUT2D eigenvalue weighted by molar-refractivity contribution is 9.10. The highest BCUT2D eigenvalue weighted by Gasteiger charge is 2.22. The molecule has 0 saturated heterocycles. The number of carbonyl (C=O) groups is 1. The van der Waals surface area contributed by atoms with E-state index in [0.29, 0.717) is 5.69 Å². The Kier molecular flexibility index (Phi) is 3.77. The summed E-state index contributed by atoms with van der Waals surface area (Å²) in [6, 6.07) is 15.1. The van der Waals surface area contributed by atoms with E-state index < -0.39 is 5.97 Å². The summed E-state index contributed by atoms with van der Waals surface area (Å²) in [5, 5.41) is 17.3. The van der Waals surface area contributed by atoms with Gasteiger partial charge in [-0.05, 0) is 41.1 Å². The first-order valence-electron chi connectivity index (χ1n) is 6.59. The molecule has 0 aliphatic rings. The van der Waals surface area contributed by atoms with Gasteiger partial charge in [0.15, 0.2) is 5.69 Å². The predicted octanol–water partition coefficient (Wildman–Crippen LogP) is 3.70. The Hall–Kier alpha value is -2.47. The largest absolute Gasteiger partial charge is 0.476 e. The van der Waals surface area contributed by atoms with E-state index in [1.807, 2.05) is 55.5 Å². The van der Waals surface area contributed by atoms with Gasteiger partial charge in [0, 0.05) is 10.0 Å². The fraction of sp³-hybridized carbons (Fsp3) is 0.0625. The number of para-hydroxylation sites is 1. The number of aryl methyl sites for hydroxylation is 1. The fourth-order valence-electron chi connectivity index (χ4n) is 2.27. The maximum atomic E-state index is 11.5. The Morgan fingerprint density at radius 3 is 2.64 bits per heavy atom. The van der Waals surface area contributed by atoms with Gasteiger partial charge in [-0.15, -0.1) is 5.10 Å². The number of aromatic carboxylic acids is 1. The standard InChI is InChI=1S/C16H12BrN3O2/c1-10-5-4-6-11(9-10)15-14(16(21)22)18-19-20(15)13-8-3-2-7-12(13)17/h2-9H,1H3,(H,21,22). The van der Waals surface area contributed by atoms with Gasteiger partial charge in [-0.1, -0.05) is 41.1 Å². The molecule has 5 nitrogen and oxygen atoms in total. The first-order valence-corrected chi connectivity index (χ1v) is 7.38.